The van der Waals surface area contributed by atoms with Crippen molar-refractivity contribution in [3.05, 3.63) is 65.0 Å². The van der Waals surface area contributed by atoms with Crippen LogP contribution in [0.25, 0.3) is 0 Å². The summed E-state index contributed by atoms with van der Waals surface area (Å²) in [5.74, 6) is -2.38. The normalized spacial score (nSPS) is 10.1. The van der Waals surface area contributed by atoms with Crippen LogP contribution in [0.5, 0.6) is 0 Å². The summed E-state index contributed by atoms with van der Waals surface area (Å²) >= 11 is 0. The number of aryl methyl sites for hydroxylation is 1. The molecule has 0 aliphatic carbocycles. The van der Waals surface area contributed by atoms with Crippen molar-refractivity contribution in [1.29, 1.82) is 0 Å². The Labute approximate surface area is 137 Å². The molecule has 0 unspecified atom stereocenters. The number of anilines is 1. The Hall–Kier alpha value is -3.22. The predicted molar refractivity (Wildman–Crippen MR) is 85.0 cm³/mol. The number of nitrogens with two attached hydrogens (primary N) is 1. The van der Waals surface area contributed by atoms with Crippen LogP contribution < -0.4 is 11.1 Å². The van der Waals surface area contributed by atoms with E-state index in [1.165, 1.54) is 36.4 Å². The number of benzene rings is 2. The fourth-order valence-corrected chi connectivity index (χ4v) is 1.85. The van der Waals surface area contributed by atoms with E-state index in [0.29, 0.717) is 5.56 Å². The standard InChI is InChI=1S/C17H15FN2O4/c1-10-2-7-13(8-14(10)18)20-15(21)9-24-17(23)12-5-3-11(4-6-12)16(19)22/h2-8H,9H2,1H3,(H2,19,22)(H,20,21). The molecule has 0 atom stereocenters. The van der Waals surface area contributed by atoms with Gasteiger partial charge in [-0.2, -0.15) is 0 Å². The summed E-state index contributed by atoms with van der Waals surface area (Å²) < 4.78 is 18.2. The Morgan fingerprint density at radius 3 is 2.29 bits per heavy atom. The summed E-state index contributed by atoms with van der Waals surface area (Å²) in [4.78, 5) is 34.5. The van der Waals surface area contributed by atoms with Gasteiger partial charge in [0.1, 0.15) is 5.82 Å². The molecule has 0 aliphatic rings. The third-order valence-electron chi connectivity index (χ3n) is 3.20. The van der Waals surface area contributed by atoms with Crippen LogP contribution in [0.3, 0.4) is 0 Å². The molecule has 0 fully saturated rings. The van der Waals surface area contributed by atoms with Crippen LogP contribution in [0.1, 0.15) is 26.3 Å². The van der Waals surface area contributed by atoms with Crippen LogP contribution in [-0.4, -0.2) is 24.4 Å². The highest BCUT2D eigenvalue weighted by Gasteiger charge is 2.11. The summed E-state index contributed by atoms with van der Waals surface area (Å²) in [7, 11) is 0. The van der Waals surface area contributed by atoms with Crippen molar-refractivity contribution in [2.24, 2.45) is 5.73 Å². The average molecular weight is 330 g/mol. The van der Waals surface area contributed by atoms with Crippen LogP contribution in [0.4, 0.5) is 10.1 Å². The summed E-state index contributed by atoms with van der Waals surface area (Å²) in [6, 6.07) is 9.75. The number of amides is 2. The molecule has 0 saturated heterocycles. The van der Waals surface area contributed by atoms with Crippen molar-refractivity contribution in [3.8, 4) is 0 Å². The molecule has 0 bridgehead atoms. The van der Waals surface area contributed by atoms with E-state index >= 15 is 0 Å². The fraction of sp³-hybridized carbons (Fsp3) is 0.118. The molecular formula is C17H15FN2O4. The van der Waals surface area contributed by atoms with Crippen LogP contribution in [0.15, 0.2) is 42.5 Å². The second-order valence-electron chi connectivity index (χ2n) is 5.03. The molecule has 124 valence electrons. The number of ether oxygens (including phenoxy) is 1. The predicted octanol–water partition coefficient (Wildman–Crippen LogP) is 2.03. The highest BCUT2D eigenvalue weighted by molar-refractivity contribution is 5.97. The third kappa shape index (κ3) is 4.39. The van der Waals surface area contributed by atoms with Gasteiger partial charge in [-0.05, 0) is 48.9 Å². The Morgan fingerprint density at radius 1 is 1.08 bits per heavy atom. The van der Waals surface area contributed by atoms with E-state index in [1.54, 1.807) is 13.0 Å². The number of hydrogen-bond donors (Lipinski definition) is 2. The number of carbonyl (C=O) groups is 3. The van der Waals surface area contributed by atoms with Crippen molar-refractivity contribution in [3.63, 3.8) is 0 Å². The number of rotatable bonds is 5. The molecule has 2 aromatic carbocycles. The first kappa shape index (κ1) is 17.1. The van der Waals surface area contributed by atoms with Gasteiger partial charge in [-0.25, -0.2) is 9.18 Å². The maximum absolute atomic E-state index is 13.4. The Kier molecular flexibility index (Phi) is 5.26. The van der Waals surface area contributed by atoms with Gasteiger partial charge in [-0.3, -0.25) is 9.59 Å². The van der Waals surface area contributed by atoms with E-state index in [2.05, 4.69) is 5.32 Å². The number of halogens is 1. The molecule has 0 spiro atoms. The quantitative estimate of drug-likeness (QED) is 0.820. The van der Waals surface area contributed by atoms with Crippen LogP contribution in [-0.2, 0) is 9.53 Å². The van der Waals surface area contributed by atoms with Crippen LogP contribution >= 0.6 is 0 Å². The molecule has 2 amide bonds. The van der Waals surface area contributed by atoms with Gasteiger partial charge < -0.3 is 15.8 Å². The van der Waals surface area contributed by atoms with Gasteiger partial charge in [0.15, 0.2) is 6.61 Å². The molecule has 3 N–H and O–H groups in total. The smallest absolute Gasteiger partial charge is 0.338 e. The highest BCUT2D eigenvalue weighted by atomic mass is 19.1. The molecule has 0 heterocycles. The van der Waals surface area contributed by atoms with Crippen LogP contribution in [0, 0.1) is 12.7 Å². The van der Waals surface area contributed by atoms with Crippen LogP contribution in [0.2, 0.25) is 0 Å². The lowest BCUT2D eigenvalue weighted by atomic mass is 10.1. The molecule has 7 heteroatoms. The number of carbonyl (C=O) groups excluding carboxylic acids is 3. The Bertz CT molecular complexity index is 788. The maximum Gasteiger partial charge on any atom is 0.338 e. The number of nitrogens with one attached hydrogen (secondary N) is 1. The average Bonchev–Trinajstić information content (AvgIpc) is 2.56. The largest absolute Gasteiger partial charge is 0.452 e. The van der Waals surface area contributed by atoms with Crippen molar-refractivity contribution in [2.75, 3.05) is 11.9 Å². The van der Waals surface area contributed by atoms with E-state index in [4.69, 9.17) is 10.5 Å². The minimum atomic E-state index is -0.726. The van der Waals surface area contributed by atoms with E-state index in [-0.39, 0.29) is 16.8 Å². The van der Waals surface area contributed by atoms with E-state index < -0.39 is 30.2 Å². The fourth-order valence-electron chi connectivity index (χ4n) is 1.85. The van der Waals surface area contributed by atoms with Gasteiger partial charge in [0.05, 0.1) is 5.56 Å². The van der Waals surface area contributed by atoms with Gasteiger partial charge in [0.25, 0.3) is 5.91 Å². The number of primary amides is 1. The zero-order valence-electron chi connectivity index (χ0n) is 12.8. The molecule has 0 saturated carbocycles. The van der Waals surface area contributed by atoms with Crippen molar-refractivity contribution in [1.82, 2.24) is 0 Å². The summed E-state index contributed by atoms with van der Waals surface area (Å²) in [6.45, 7) is 1.08. The van der Waals surface area contributed by atoms with E-state index in [0.717, 1.165) is 0 Å². The zero-order chi connectivity index (χ0) is 17.7. The lowest BCUT2D eigenvalue weighted by Crippen LogP contribution is -2.21. The first-order valence-electron chi connectivity index (χ1n) is 7.00. The maximum atomic E-state index is 13.4. The Balaban J connectivity index is 1.89. The summed E-state index contributed by atoms with van der Waals surface area (Å²) in [6.07, 6.45) is 0. The zero-order valence-corrected chi connectivity index (χ0v) is 12.8. The SMILES string of the molecule is Cc1ccc(NC(=O)COC(=O)c2ccc(C(N)=O)cc2)cc1F. The monoisotopic (exact) mass is 330 g/mol. The minimum Gasteiger partial charge on any atom is -0.452 e. The van der Waals surface area contributed by atoms with E-state index in [9.17, 15) is 18.8 Å². The molecule has 24 heavy (non-hydrogen) atoms. The second-order valence-corrected chi connectivity index (χ2v) is 5.03. The molecule has 0 aromatic heterocycles. The molecule has 2 aromatic rings. The summed E-state index contributed by atoms with van der Waals surface area (Å²) in [5.41, 5.74) is 6.25. The molecule has 0 aliphatic heterocycles. The first-order valence-corrected chi connectivity index (χ1v) is 7.00. The van der Waals surface area contributed by atoms with Gasteiger partial charge in [0.2, 0.25) is 5.91 Å². The van der Waals surface area contributed by atoms with Crippen molar-refractivity contribution >= 4 is 23.5 Å². The molecular weight excluding hydrogens is 315 g/mol. The Morgan fingerprint density at radius 2 is 1.71 bits per heavy atom. The third-order valence-corrected chi connectivity index (χ3v) is 3.20. The molecule has 2 rings (SSSR count). The van der Waals surface area contributed by atoms with E-state index in [1.807, 2.05) is 0 Å². The lowest BCUT2D eigenvalue weighted by molar-refractivity contribution is -0.119. The number of hydrogen-bond acceptors (Lipinski definition) is 4. The molecule has 0 radical (unpaired) electrons. The topological polar surface area (TPSA) is 98.5 Å². The summed E-state index contributed by atoms with van der Waals surface area (Å²) in [5, 5.41) is 2.42. The van der Waals surface area contributed by atoms with Gasteiger partial charge in [0, 0.05) is 11.3 Å². The highest BCUT2D eigenvalue weighted by Crippen LogP contribution is 2.13. The minimum absolute atomic E-state index is 0.175. The molecule has 6 nitrogen and oxygen atoms in total. The van der Waals surface area contributed by atoms with Crippen molar-refractivity contribution < 1.29 is 23.5 Å². The van der Waals surface area contributed by atoms with Gasteiger partial charge >= 0.3 is 5.97 Å². The van der Waals surface area contributed by atoms with Gasteiger partial charge in [-0.15, -0.1) is 0 Å². The van der Waals surface area contributed by atoms with Crippen molar-refractivity contribution in [2.45, 2.75) is 6.92 Å². The van der Waals surface area contributed by atoms with Gasteiger partial charge in [-0.1, -0.05) is 6.07 Å². The number of esters is 1. The second kappa shape index (κ2) is 7.36. The first-order chi connectivity index (χ1) is 11.4. The lowest BCUT2D eigenvalue weighted by Gasteiger charge is -2.07.